The van der Waals surface area contributed by atoms with Crippen LogP contribution in [-0.2, 0) is 6.54 Å². The van der Waals surface area contributed by atoms with Gasteiger partial charge >= 0.3 is 0 Å². The molecule has 1 aromatic heterocycles. The van der Waals surface area contributed by atoms with Crippen molar-refractivity contribution in [1.82, 2.24) is 15.0 Å². The van der Waals surface area contributed by atoms with Crippen molar-refractivity contribution in [3.05, 3.63) is 35.0 Å². The fourth-order valence-electron chi connectivity index (χ4n) is 1.82. The van der Waals surface area contributed by atoms with Gasteiger partial charge in [0.2, 0.25) is 0 Å². The van der Waals surface area contributed by atoms with Crippen LogP contribution in [0, 0.1) is 0 Å². The first kappa shape index (κ1) is 12.8. The van der Waals surface area contributed by atoms with Crippen LogP contribution >= 0.6 is 11.6 Å². The van der Waals surface area contributed by atoms with E-state index in [0.717, 1.165) is 24.2 Å². The summed E-state index contributed by atoms with van der Waals surface area (Å²) in [6, 6.07) is 5.39. The van der Waals surface area contributed by atoms with Gasteiger partial charge in [-0.3, -0.25) is 4.79 Å². The van der Waals surface area contributed by atoms with Crippen LogP contribution in [0.5, 0.6) is 0 Å². The molecule has 0 saturated heterocycles. The summed E-state index contributed by atoms with van der Waals surface area (Å²) in [5.41, 5.74) is 2.37. The number of carbonyl (C=O) groups is 1. The van der Waals surface area contributed by atoms with Crippen molar-refractivity contribution >= 4 is 17.4 Å². The zero-order valence-electron chi connectivity index (χ0n) is 10.4. The Morgan fingerprint density at radius 3 is 2.83 bits per heavy atom. The molecular weight excluding hydrogens is 250 g/mol. The minimum Gasteiger partial charge on any atom is -0.294 e. The smallest absolute Gasteiger partial charge is 0.161 e. The average molecular weight is 264 g/mol. The maximum absolute atomic E-state index is 11.3. The van der Waals surface area contributed by atoms with Gasteiger partial charge in [0, 0.05) is 17.7 Å². The number of ketones is 1. The van der Waals surface area contributed by atoms with Crippen LogP contribution in [0.3, 0.4) is 0 Å². The fourth-order valence-corrected chi connectivity index (χ4v) is 2.13. The zero-order chi connectivity index (χ0) is 13.1. The molecule has 0 unspecified atom stereocenters. The van der Waals surface area contributed by atoms with E-state index in [4.69, 9.17) is 11.6 Å². The highest BCUT2D eigenvalue weighted by molar-refractivity contribution is 6.34. The van der Waals surface area contributed by atoms with Crippen LogP contribution in [0.15, 0.2) is 24.4 Å². The predicted octanol–water partition coefficient (Wildman–Crippen LogP) is 3.21. The van der Waals surface area contributed by atoms with Crippen molar-refractivity contribution in [3.63, 3.8) is 0 Å². The largest absolute Gasteiger partial charge is 0.294 e. The van der Waals surface area contributed by atoms with E-state index in [1.54, 1.807) is 18.3 Å². The van der Waals surface area contributed by atoms with Gasteiger partial charge in [0.25, 0.3) is 0 Å². The van der Waals surface area contributed by atoms with E-state index >= 15 is 0 Å². The molecule has 1 heterocycles. The number of hydrogen-bond acceptors (Lipinski definition) is 3. The van der Waals surface area contributed by atoms with E-state index in [9.17, 15) is 4.79 Å². The molecule has 2 aromatic rings. The lowest BCUT2D eigenvalue weighted by molar-refractivity contribution is 0.101. The van der Waals surface area contributed by atoms with E-state index in [-0.39, 0.29) is 5.78 Å². The monoisotopic (exact) mass is 263 g/mol. The fraction of sp³-hybridized carbons (Fsp3) is 0.308. The summed E-state index contributed by atoms with van der Waals surface area (Å²) in [5, 5.41) is 8.40. The summed E-state index contributed by atoms with van der Waals surface area (Å²) in [5.74, 6) is -0.0354. The molecule has 4 nitrogen and oxygen atoms in total. The second-order valence-electron chi connectivity index (χ2n) is 4.09. The van der Waals surface area contributed by atoms with Crippen LogP contribution < -0.4 is 0 Å². The van der Waals surface area contributed by atoms with Crippen molar-refractivity contribution in [2.75, 3.05) is 0 Å². The Labute approximate surface area is 111 Å². The Kier molecular flexibility index (Phi) is 3.77. The van der Waals surface area contributed by atoms with Gasteiger partial charge in [-0.05, 0) is 25.5 Å². The van der Waals surface area contributed by atoms with Gasteiger partial charge in [0.15, 0.2) is 5.78 Å². The second-order valence-corrected chi connectivity index (χ2v) is 4.50. The van der Waals surface area contributed by atoms with Gasteiger partial charge in [0.1, 0.15) is 0 Å². The first-order chi connectivity index (χ1) is 8.63. The van der Waals surface area contributed by atoms with Gasteiger partial charge in [-0.2, -0.15) is 0 Å². The van der Waals surface area contributed by atoms with E-state index in [1.165, 1.54) is 6.92 Å². The molecule has 0 spiro atoms. The van der Waals surface area contributed by atoms with Crippen molar-refractivity contribution in [1.29, 1.82) is 0 Å². The molecule has 5 heteroatoms. The van der Waals surface area contributed by atoms with Crippen LogP contribution in [0.4, 0.5) is 0 Å². The Morgan fingerprint density at radius 1 is 1.44 bits per heavy atom. The first-order valence-electron chi connectivity index (χ1n) is 5.82. The lowest BCUT2D eigenvalue weighted by atomic mass is 10.1. The van der Waals surface area contributed by atoms with Gasteiger partial charge in [-0.15, -0.1) is 5.10 Å². The van der Waals surface area contributed by atoms with Crippen molar-refractivity contribution in [2.45, 2.75) is 26.8 Å². The molecule has 1 aromatic carbocycles. The molecule has 0 amide bonds. The Balaban J connectivity index is 2.42. The highest BCUT2D eigenvalue weighted by Crippen LogP contribution is 2.25. The zero-order valence-corrected chi connectivity index (χ0v) is 11.1. The molecule has 0 saturated carbocycles. The van der Waals surface area contributed by atoms with E-state index < -0.39 is 0 Å². The Bertz CT molecular complexity index is 577. The number of rotatable bonds is 4. The maximum atomic E-state index is 11.3. The van der Waals surface area contributed by atoms with Crippen LogP contribution in [0.2, 0.25) is 5.02 Å². The minimum absolute atomic E-state index is 0.0354. The summed E-state index contributed by atoms with van der Waals surface area (Å²) >= 11 is 6.10. The molecule has 0 radical (unpaired) electrons. The second kappa shape index (κ2) is 5.31. The van der Waals surface area contributed by atoms with Crippen LogP contribution in [-0.4, -0.2) is 20.8 Å². The molecule has 0 aliphatic rings. The SMILES string of the molecule is CCCn1nncc1-c1ccc(C(C)=O)c(Cl)c1. The number of nitrogens with zero attached hydrogens (tertiary/aromatic N) is 3. The number of halogens is 1. The van der Waals surface area contributed by atoms with Gasteiger partial charge < -0.3 is 0 Å². The molecular formula is C13H14ClN3O. The van der Waals surface area contributed by atoms with Crippen LogP contribution in [0.1, 0.15) is 30.6 Å². The standard InChI is InChI=1S/C13H14ClN3O/c1-3-6-17-13(8-15-16-17)10-4-5-11(9(2)18)12(14)7-10/h4-5,7-8H,3,6H2,1-2H3. The van der Waals surface area contributed by atoms with E-state index in [0.29, 0.717) is 10.6 Å². The molecule has 0 fully saturated rings. The average Bonchev–Trinajstić information content (AvgIpc) is 2.77. The number of hydrogen-bond donors (Lipinski definition) is 0. The lowest BCUT2D eigenvalue weighted by Gasteiger charge is -2.06. The summed E-state index contributed by atoms with van der Waals surface area (Å²) in [4.78, 5) is 11.3. The molecule has 94 valence electrons. The lowest BCUT2D eigenvalue weighted by Crippen LogP contribution is -2.02. The molecule has 0 bridgehead atoms. The summed E-state index contributed by atoms with van der Waals surface area (Å²) in [6.45, 7) is 4.39. The van der Waals surface area contributed by atoms with E-state index in [1.807, 2.05) is 10.7 Å². The number of benzene rings is 1. The summed E-state index contributed by atoms with van der Waals surface area (Å²) < 4.78 is 1.83. The number of aryl methyl sites for hydroxylation is 1. The molecule has 0 N–H and O–H groups in total. The Morgan fingerprint density at radius 2 is 2.22 bits per heavy atom. The van der Waals surface area contributed by atoms with E-state index in [2.05, 4.69) is 17.2 Å². The minimum atomic E-state index is -0.0354. The summed E-state index contributed by atoms with van der Waals surface area (Å²) in [6.07, 6.45) is 2.68. The van der Waals surface area contributed by atoms with Gasteiger partial charge in [-0.25, -0.2) is 4.68 Å². The van der Waals surface area contributed by atoms with Gasteiger partial charge in [-0.1, -0.05) is 29.8 Å². The third kappa shape index (κ3) is 2.43. The highest BCUT2D eigenvalue weighted by atomic mass is 35.5. The van der Waals surface area contributed by atoms with Crippen molar-refractivity contribution in [3.8, 4) is 11.3 Å². The summed E-state index contributed by atoms with van der Waals surface area (Å²) in [7, 11) is 0. The third-order valence-corrected chi connectivity index (χ3v) is 3.01. The Hall–Kier alpha value is -1.68. The van der Waals surface area contributed by atoms with Crippen molar-refractivity contribution in [2.24, 2.45) is 0 Å². The topological polar surface area (TPSA) is 47.8 Å². The highest BCUT2D eigenvalue weighted by Gasteiger charge is 2.10. The molecule has 2 rings (SSSR count). The first-order valence-corrected chi connectivity index (χ1v) is 6.20. The molecule has 0 atom stereocenters. The quantitative estimate of drug-likeness (QED) is 0.796. The molecule has 0 aliphatic heterocycles. The molecule has 0 aliphatic carbocycles. The number of aromatic nitrogens is 3. The predicted molar refractivity (Wildman–Crippen MR) is 70.8 cm³/mol. The number of Topliss-reactive ketones (excluding diaryl/α,β-unsaturated/α-hetero) is 1. The van der Waals surface area contributed by atoms with Crippen molar-refractivity contribution < 1.29 is 4.79 Å². The maximum Gasteiger partial charge on any atom is 0.161 e. The molecule has 18 heavy (non-hydrogen) atoms. The number of carbonyl (C=O) groups excluding carboxylic acids is 1. The van der Waals surface area contributed by atoms with Gasteiger partial charge in [0.05, 0.1) is 16.9 Å². The van der Waals surface area contributed by atoms with Crippen LogP contribution in [0.25, 0.3) is 11.3 Å². The normalized spacial score (nSPS) is 10.6. The third-order valence-electron chi connectivity index (χ3n) is 2.70.